The summed E-state index contributed by atoms with van der Waals surface area (Å²) >= 11 is 5.82. The van der Waals surface area contributed by atoms with Gasteiger partial charge in [0.2, 0.25) is 0 Å². The molecular formula is C18H39ClIN. The van der Waals surface area contributed by atoms with Gasteiger partial charge in [-0.2, -0.15) is 0 Å². The van der Waals surface area contributed by atoms with Crippen LogP contribution in [0.5, 0.6) is 0 Å². The van der Waals surface area contributed by atoms with Crippen LogP contribution in [0.2, 0.25) is 0 Å². The van der Waals surface area contributed by atoms with Gasteiger partial charge in [0.1, 0.15) is 0 Å². The van der Waals surface area contributed by atoms with Crippen LogP contribution < -0.4 is 24.0 Å². The monoisotopic (exact) mass is 431 g/mol. The quantitative estimate of drug-likeness (QED) is 0.162. The first-order valence-electron chi connectivity index (χ1n) is 9.00. The van der Waals surface area contributed by atoms with E-state index < -0.39 is 0 Å². The molecule has 0 fully saturated rings. The van der Waals surface area contributed by atoms with Crippen LogP contribution in [-0.2, 0) is 0 Å². The first-order valence-corrected chi connectivity index (χ1v) is 9.54. The maximum absolute atomic E-state index is 5.82. The molecule has 0 N–H and O–H groups in total. The fourth-order valence-corrected chi connectivity index (χ4v) is 3.18. The van der Waals surface area contributed by atoms with Gasteiger partial charge in [0.15, 0.2) is 0 Å². The summed E-state index contributed by atoms with van der Waals surface area (Å²) in [6.45, 7) is 4.67. The van der Waals surface area contributed by atoms with Crippen molar-refractivity contribution in [3.8, 4) is 0 Å². The van der Waals surface area contributed by atoms with Crippen LogP contribution in [0, 0.1) is 0 Å². The fourth-order valence-electron chi connectivity index (χ4n) is 2.72. The zero-order valence-corrected chi connectivity index (χ0v) is 17.7. The van der Waals surface area contributed by atoms with Gasteiger partial charge < -0.3 is 28.5 Å². The molecule has 1 nitrogen and oxygen atoms in total. The van der Waals surface area contributed by atoms with E-state index in [4.69, 9.17) is 11.6 Å². The normalized spacial score (nSPS) is 11.4. The van der Waals surface area contributed by atoms with E-state index in [0.29, 0.717) is 0 Å². The Labute approximate surface area is 156 Å². The highest BCUT2D eigenvalue weighted by Crippen LogP contribution is 2.12. The number of hydrogen-bond donors (Lipinski definition) is 0. The molecule has 0 amide bonds. The summed E-state index contributed by atoms with van der Waals surface area (Å²) in [7, 11) is 4.59. The summed E-state index contributed by atoms with van der Waals surface area (Å²) < 4.78 is 1.08. The molecule has 3 heteroatoms. The molecule has 0 bridgehead atoms. The first-order chi connectivity index (χ1) is 9.62. The second-order valence-corrected chi connectivity index (χ2v) is 7.34. The van der Waals surface area contributed by atoms with Gasteiger partial charge in [0.25, 0.3) is 0 Å². The zero-order valence-electron chi connectivity index (χ0n) is 14.8. The lowest BCUT2D eigenvalue weighted by Gasteiger charge is -2.28. The average Bonchev–Trinajstić information content (AvgIpc) is 2.40. The largest absolute Gasteiger partial charge is 1.00 e. The third-order valence-corrected chi connectivity index (χ3v) is 4.48. The number of quaternary nitrogens is 1. The molecule has 0 aliphatic carbocycles. The van der Waals surface area contributed by atoms with E-state index >= 15 is 0 Å². The summed E-state index contributed by atoms with van der Waals surface area (Å²) in [5.74, 6) is 0.783. The number of alkyl halides is 1. The van der Waals surface area contributed by atoms with Gasteiger partial charge in [-0.15, -0.1) is 11.6 Å². The lowest BCUT2D eigenvalue weighted by molar-refractivity contribution is -0.888. The number of halogens is 2. The molecule has 0 aromatic heterocycles. The van der Waals surface area contributed by atoms with Crippen LogP contribution in [0.25, 0.3) is 0 Å². The van der Waals surface area contributed by atoms with Crippen molar-refractivity contribution in [2.45, 2.75) is 84.0 Å². The zero-order chi connectivity index (χ0) is 15.1. The third kappa shape index (κ3) is 18.9. The van der Waals surface area contributed by atoms with Gasteiger partial charge in [-0.05, 0) is 12.8 Å². The Balaban J connectivity index is 0. The number of unbranched alkanes of at least 4 members (excludes halogenated alkanes) is 11. The summed E-state index contributed by atoms with van der Waals surface area (Å²) in [5.41, 5.74) is 0. The molecule has 0 aliphatic rings. The van der Waals surface area contributed by atoms with E-state index in [-0.39, 0.29) is 24.0 Å². The molecule has 0 saturated heterocycles. The van der Waals surface area contributed by atoms with Crippen molar-refractivity contribution < 1.29 is 28.5 Å². The van der Waals surface area contributed by atoms with Crippen LogP contribution >= 0.6 is 11.6 Å². The van der Waals surface area contributed by atoms with Crippen LogP contribution in [0.4, 0.5) is 0 Å². The molecule has 0 saturated carbocycles. The number of hydrogen-bond acceptors (Lipinski definition) is 0. The Bertz CT molecular complexity index is 198. The first kappa shape index (κ1) is 24.2. The highest BCUT2D eigenvalue weighted by molar-refractivity contribution is 6.17. The van der Waals surface area contributed by atoms with Gasteiger partial charge in [-0.1, -0.05) is 71.1 Å². The van der Waals surface area contributed by atoms with E-state index in [2.05, 4.69) is 21.0 Å². The molecule has 21 heavy (non-hydrogen) atoms. The smallest absolute Gasteiger partial charge is 0.0920 e. The average molecular weight is 432 g/mol. The summed E-state index contributed by atoms with van der Waals surface area (Å²) in [5, 5.41) is 0. The highest BCUT2D eigenvalue weighted by atomic mass is 127. The lowest BCUT2D eigenvalue weighted by Crippen LogP contribution is -3.00. The Morgan fingerprint density at radius 3 is 1.38 bits per heavy atom. The topological polar surface area (TPSA) is 0 Å². The molecule has 0 atom stereocenters. The van der Waals surface area contributed by atoms with E-state index in [1.165, 1.54) is 83.6 Å². The van der Waals surface area contributed by atoms with E-state index in [1.54, 1.807) is 0 Å². The third-order valence-electron chi connectivity index (χ3n) is 4.31. The van der Waals surface area contributed by atoms with Crippen molar-refractivity contribution in [1.29, 1.82) is 0 Å². The van der Waals surface area contributed by atoms with Crippen molar-refractivity contribution in [3.63, 3.8) is 0 Å². The number of rotatable bonds is 15. The van der Waals surface area contributed by atoms with Crippen LogP contribution in [0.15, 0.2) is 0 Å². The standard InChI is InChI=1S/C18H39ClN.HI/c1-4-5-6-7-8-9-10-11-12-13-14-15-17-20(2,3)18-16-19;/h4-18H2,1-3H3;1H/q+1;/p-1. The predicted octanol–water partition coefficient (Wildman–Crippen LogP) is 3.01. The Hall–Kier alpha value is 0.980. The van der Waals surface area contributed by atoms with Gasteiger partial charge in [-0.25, -0.2) is 0 Å². The van der Waals surface area contributed by atoms with Gasteiger partial charge in [0, 0.05) is 0 Å². The number of nitrogens with zero attached hydrogens (tertiary/aromatic N) is 1. The second-order valence-electron chi connectivity index (χ2n) is 6.96. The van der Waals surface area contributed by atoms with Crippen molar-refractivity contribution in [2.24, 2.45) is 0 Å². The predicted molar refractivity (Wildman–Crippen MR) is 93.6 cm³/mol. The van der Waals surface area contributed by atoms with Crippen molar-refractivity contribution in [2.75, 3.05) is 33.1 Å². The van der Waals surface area contributed by atoms with Crippen molar-refractivity contribution in [1.82, 2.24) is 0 Å². The SMILES string of the molecule is CCCCCCCCCCCCCC[N+](C)(C)CCCl.[I-]. The molecular weight excluding hydrogens is 393 g/mol. The Morgan fingerprint density at radius 1 is 0.619 bits per heavy atom. The van der Waals surface area contributed by atoms with Crippen LogP contribution in [0.3, 0.4) is 0 Å². The molecule has 0 aromatic rings. The molecule has 0 spiro atoms. The fraction of sp³-hybridized carbons (Fsp3) is 1.00. The van der Waals surface area contributed by atoms with Crippen molar-refractivity contribution >= 4 is 11.6 Å². The van der Waals surface area contributed by atoms with Gasteiger partial charge in [0.05, 0.1) is 33.1 Å². The molecule has 130 valence electrons. The second kappa shape index (κ2) is 17.3. The Morgan fingerprint density at radius 2 is 1.00 bits per heavy atom. The lowest BCUT2D eigenvalue weighted by atomic mass is 10.1. The van der Waals surface area contributed by atoms with Crippen molar-refractivity contribution in [3.05, 3.63) is 0 Å². The molecule has 0 rings (SSSR count). The van der Waals surface area contributed by atoms with E-state index in [1.807, 2.05) is 0 Å². The molecule has 0 radical (unpaired) electrons. The highest BCUT2D eigenvalue weighted by Gasteiger charge is 2.12. The molecule has 0 heterocycles. The Kier molecular flexibility index (Phi) is 20.0. The molecule has 0 aromatic carbocycles. The van der Waals surface area contributed by atoms with E-state index in [0.717, 1.165) is 16.9 Å². The maximum Gasteiger partial charge on any atom is 0.0920 e. The van der Waals surface area contributed by atoms with Gasteiger partial charge in [-0.3, -0.25) is 0 Å². The summed E-state index contributed by atoms with van der Waals surface area (Å²) in [6.07, 6.45) is 17.2. The minimum atomic E-state index is 0. The van der Waals surface area contributed by atoms with Gasteiger partial charge >= 0.3 is 0 Å². The van der Waals surface area contributed by atoms with E-state index in [9.17, 15) is 0 Å². The minimum Gasteiger partial charge on any atom is -1.00 e. The van der Waals surface area contributed by atoms with Crippen LogP contribution in [-0.4, -0.2) is 37.5 Å². The molecule has 0 unspecified atom stereocenters. The maximum atomic E-state index is 5.82. The summed E-state index contributed by atoms with van der Waals surface area (Å²) in [6, 6.07) is 0. The minimum absolute atomic E-state index is 0. The molecule has 0 aliphatic heterocycles. The van der Waals surface area contributed by atoms with Crippen LogP contribution in [0.1, 0.15) is 84.0 Å². The summed E-state index contributed by atoms with van der Waals surface area (Å²) in [4.78, 5) is 0.